The van der Waals surface area contributed by atoms with Crippen LogP contribution in [0.5, 0.6) is 0 Å². The maximum Gasteiger partial charge on any atom is 0.189 e. The molecule has 18 heavy (non-hydrogen) atoms. The van der Waals surface area contributed by atoms with E-state index < -0.39 is 0 Å². The Balaban J connectivity index is 1.91. The first-order valence-corrected chi connectivity index (χ1v) is 6.04. The first kappa shape index (κ1) is 12.7. The number of hydrogen-bond donors (Lipinski definition) is 2. The van der Waals surface area contributed by atoms with Crippen molar-refractivity contribution in [2.75, 3.05) is 26.3 Å². The second kappa shape index (κ2) is 6.27. The van der Waals surface area contributed by atoms with Gasteiger partial charge >= 0.3 is 0 Å². The van der Waals surface area contributed by atoms with Gasteiger partial charge in [-0.25, -0.2) is 0 Å². The Kier molecular flexibility index (Phi) is 4.43. The van der Waals surface area contributed by atoms with Gasteiger partial charge in [-0.2, -0.15) is 5.10 Å². The van der Waals surface area contributed by atoms with E-state index in [1.54, 1.807) is 24.5 Å². The Morgan fingerprint density at radius 3 is 2.72 bits per heavy atom. The summed E-state index contributed by atoms with van der Waals surface area (Å²) in [6.07, 6.45) is 3.33. The lowest BCUT2D eigenvalue weighted by Gasteiger charge is -2.28. The van der Waals surface area contributed by atoms with E-state index in [2.05, 4.69) is 15.5 Å². The number of aromatic nitrogens is 1. The van der Waals surface area contributed by atoms with Crippen LogP contribution in [0, 0.1) is 0 Å². The van der Waals surface area contributed by atoms with Gasteiger partial charge in [0, 0.05) is 31.0 Å². The molecule has 6 nitrogen and oxygen atoms in total. The zero-order valence-electron chi connectivity index (χ0n) is 9.87. The largest absolute Gasteiger partial charge is 0.382 e. The van der Waals surface area contributed by atoms with Crippen LogP contribution in [0.15, 0.2) is 29.6 Å². The number of nitrogens with two attached hydrogens (primary N) is 1. The van der Waals surface area contributed by atoms with E-state index in [1.165, 1.54) is 0 Å². The van der Waals surface area contributed by atoms with Crippen LogP contribution in [-0.4, -0.2) is 47.1 Å². The molecule has 0 aliphatic carbocycles. The first-order chi connectivity index (χ1) is 8.77. The first-order valence-electron chi connectivity index (χ1n) is 5.63. The number of morpholine rings is 1. The quantitative estimate of drug-likeness (QED) is 0.337. The Morgan fingerprint density at radius 1 is 1.39 bits per heavy atom. The summed E-state index contributed by atoms with van der Waals surface area (Å²) in [7, 11) is 0. The Morgan fingerprint density at radius 2 is 2.06 bits per heavy atom. The number of nitrogens with one attached hydrogen (secondary N) is 1. The lowest BCUT2D eigenvalue weighted by Crippen LogP contribution is -2.45. The van der Waals surface area contributed by atoms with Gasteiger partial charge in [0.2, 0.25) is 0 Å². The van der Waals surface area contributed by atoms with Crippen LogP contribution in [-0.2, 0) is 4.74 Å². The fraction of sp³-hybridized carbons (Fsp3) is 0.364. The fourth-order valence-corrected chi connectivity index (χ4v) is 1.76. The molecular formula is C11H15N5OS. The van der Waals surface area contributed by atoms with Crippen molar-refractivity contribution in [2.24, 2.45) is 10.8 Å². The number of hydrazone groups is 1. The maximum atomic E-state index is 5.83. The van der Waals surface area contributed by atoms with E-state index in [9.17, 15) is 0 Å². The molecule has 0 spiro atoms. The molecule has 0 bridgehead atoms. The van der Waals surface area contributed by atoms with Gasteiger partial charge in [-0.3, -0.25) is 10.4 Å². The minimum absolute atomic E-state index is 0.382. The molecule has 2 heterocycles. The Bertz CT molecular complexity index is 430. The summed E-state index contributed by atoms with van der Waals surface area (Å²) in [6, 6.07) is 3.58. The van der Waals surface area contributed by atoms with E-state index in [-0.39, 0.29) is 0 Å². The molecule has 1 aromatic rings. The molecule has 1 fully saturated rings. The van der Waals surface area contributed by atoms with E-state index in [0.29, 0.717) is 24.2 Å². The second-order valence-electron chi connectivity index (χ2n) is 3.75. The molecule has 1 aromatic heterocycles. The van der Waals surface area contributed by atoms with Crippen LogP contribution in [0.4, 0.5) is 0 Å². The number of ether oxygens (including phenoxy) is 1. The molecule has 0 unspecified atom stereocenters. The predicted octanol–water partition coefficient (Wildman–Crippen LogP) is -0.0914. The summed E-state index contributed by atoms with van der Waals surface area (Å²) >= 11 is 5.23. The molecule has 1 aliphatic heterocycles. The van der Waals surface area contributed by atoms with Crippen LogP contribution in [0.3, 0.4) is 0 Å². The third-order valence-electron chi connectivity index (χ3n) is 2.55. The van der Waals surface area contributed by atoms with Crippen molar-refractivity contribution in [2.45, 2.75) is 0 Å². The second-order valence-corrected chi connectivity index (χ2v) is 4.14. The molecular weight excluding hydrogens is 250 g/mol. The molecule has 2 rings (SSSR count). The highest BCUT2D eigenvalue weighted by Crippen LogP contribution is 1.98. The van der Waals surface area contributed by atoms with Gasteiger partial charge in [-0.15, -0.1) is 0 Å². The summed E-state index contributed by atoms with van der Waals surface area (Å²) in [5, 5.41) is 4.63. The number of rotatable bonds is 2. The zero-order chi connectivity index (χ0) is 12.8. The monoisotopic (exact) mass is 265 g/mol. The lowest BCUT2D eigenvalue weighted by atomic mass is 10.2. The molecule has 0 amide bonds. The van der Waals surface area contributed by atoms with E-state index >= 15 is 0 Å². The number of amidine groups is 1. The summed E-state index contributed by atoms with van der Waals surface area (Å²) < 4.78 is 5.25. The molecule has 1 saturated heterocycles. The van der Waals surface area contributed by atoms with Crippen molar-refractivity contribution in [3.8, 4) is 0 Å². The van der Waals surface area contributed by atoms with Crippen LogP contribution >= 0.6 is 12.2 Å². The van der Waals surface area contributed by atoms with Crippen LogP contribution in [0.25, 0.3) is 0 Å². The van der Waals surface area contributed by atoms with Gasteiger partial charge in [0.05, 0.1) is 13.2 Å². The van der Waals surface area contributed by atoms with E-state index in [4.69, 9.17) is 22.7 Å². The smallest absolute Gasteiger partial charge is 0.189 e. The highest BCUT2D eigenvalue weighted by molar-refractivity contribution is 7.80. The fourth-order valence-electron chi connectivity index (χ4n) is 1.53. The van der Waals surface area contributed by atoms with Gasteiger partial charge in [-0.1, -0.05) is 0 Å². The number of nitrogens with zero attached hydrogens (tertiary/aromatic N) is 3. The topological polar surface area (TPSA) is 75.8 Å². The van der Waals surface area contributed by atoms with Crippen molar-refractivity contribution in [3.05, 3.63) is 30.1 Å². The van der Waals surface area contributed by atoms with Gasteiger partial charge < -0.3 is 15.4 Å². The standard InChI is InChI=1S/C11H15N5OS/c12-10(9-1-3-13-4-2-9)14-15-11(18)16-5-7-17-8-6-16/h1-4H,5-8H2,(H2,12,14)(H,15,18). The summed E-state index contributed by atoms with van der Waals surface area (Å²) in [4.78, 5) is 5.92. The van der Waals surface area contributed by atoms with Crippen LogP contribution in [0.1, 0.15) is 5.56 Å². The minimum atomic E-state index is 0.382. The molecule has 0 saturated carbocycles. The van der Waals surface area contributed by atoms with Gasteiger partial charge in [0.15, 0.2) is 10.9 Å². The molecule has 7 heteroatoms. The predicted molar refractivity (Wildman–Crippen MR) is 73.1 cm³/mol. The third-order valence-corrected chi connectivity index (χ3v) is 2.90. The van der Waals surface area contributed by atoms with Gasteiger partial charge in [0.25, 0.3) is 0 Å². The SMILES string of the molecule is N/C(=N\NC(=S)N1CCOCC1)c1ccncc1. The van der Waals surface area contributed by atoms with Crippen molar-refractivity contribution in [1.29, 1.82) is 0 Å². The minimum Gasteiger partial charge on any atom is -0.382 e. The van der Waals surface area contributed by atoms with Crippen molar-refractivity contribution >= 4 is 23.2 Å². The highest BCUT2D eigenvalue weighted by atomic mass is 32.1. The van der Waals surface area contributed by atoms with Crippen molar-refractivity contribution < 1.29 is 4.74 Å². The van der Waals surface area contributed by atoms with Gasteiger partial charge in [0.1, 0.15) is 0 Å². The highest BCUT2D eigenvalue weighted by Gasteiger charge is 2.12. The van der Waals surface area contributed by atoms with Crippen LogP contribution in [0.2, 0.25) is 0 Å². The summed E-state index contributed by atoms with van der Waals surface area (Å²) in [5.41, 5.74) is 9.43. The summed E-state index contributed by atoms with van der Waals surface area (Å²) in [5.74, 6) is 0.382. The van der Waals surface area contributed by atoms with E-state index in [0.717, 1.165) is 18.7 Å². The normalized spacial score (nSPS) is 16.4. The maximum absolute atomic E-state index is 5.83. The average Bonchev–Trinajstić information content (AvgIpc) is 2.46. The Labute approximate surface area is 111 Å². The summed E-state index contributed by atoms with van der Waals surface area (Å²) in [6.45, 7) is 2.92. The number of thiocarbonyl (C=S) groups is 1. The van der Waals surface area contributed by atoms with E-state index in [1.807, 2.05) is 4.90 Å². The van der Waals surface area contributed by atoms with Crippen LogP contribution < -0.4 is 11.2 Å². The Hall–Kier alpha value is -1.73. The number of pyridine rings is 1. The van der Waals surface area contributed by atoms with Crippen molar-refractivity contribution in [3.63, 3.8) is 0 Å². The molecule has 1 aliphatic rings. The number of hydrogen-bond acceptors (Lipinski definition) is 4. The molecule has 0 atom stereocenters. The average molecular weight is 265 g/mol. The third kappa shape index (κ3) is 3.38. The molecule has 96 valence electrons. The lowest BCUT2D eigenvalue weighted by molar-refractivity contribution is 0.0677. The van der Waals surface area contributed by atoms with Crippen molar-refractivity contribution in [1.82, 2.24) is 15.3 Å². The van der Waals surface area contributed by atoms with Gasteiger partial charge in [-0.05, 0) is 24.4 Å². The molecule has 0 radical (unpaired) electrons. The molecule has 0 aromatic carbocycles. The molecule has 3 N–H and O–H groups in total. The zero-order valence-corrected chi connectivity index (χ0v) is 10.7.